The van der Waals surface area contributed by atoms with Crippen LogP contribution in [0.5, 0.6) is 0 Å². The van der Waals surface area contributed by atoms with Crippen molar-refractivity contribution < 1.29 is 120 Å². The summed E-state index contributed by atoms with van der Waals surface area (Å²) in [6.07, 6.45) is 0. The lowest BCUT2D eigenvalue weighted by Crippen LogP contribution is -2.33. The second-order valence-corrected chi connectivity index (χ2v) is 46.2. The molecular formula is C73H90Cl2N18O28S11. The van der Waals surface area contributed by atoms with Gasteiger partial charge in [-0.25, -0.2) is 80.3 Å². The highest BCUT2D eigenvalue weighted by Gasteiger charge is 2.30. The number of carbonyl (C=O) groups is 10. The Morgan fingerprint density at radius 3 is 0.939 bits per heavy atom. The van der Waals surface area contributed by atoms with E-state index in [4.69, 9.17) is 28.3 Å². The van der Waals surface area contributed by atoms with E-state index >= 15 is 0 Å². The average molecular weight is 2090 g/mol. The molecule has 0 saturated carbocycles. The third-order valence-electron chi connectivity index (χ3n) is 15.0. The van der Waals surface area contributed by atoms with Crippen LogP contribution in [0.1, 0.15) is 121 Å². The molecule has 59 heteroatoms. The Bertz CT molecular complexity index is 6590. The number of aromatic nitrogens is 6. The molecule has 3 heterocycles. The van der Waals surface area contributed by atoms with Gasteiger partial charge < -0.3 is 10.6 Å². The van der Waals surface area contributed by atoms with Gasteiger partial charge in [-0.15, -0.1) is 30.6 Å². The van der Waals surface area contributed by atoms with E-state index in [0.29, 0.717) is 44.6 Å². The van der Waals surface area contributed by atoms with Crippen molar-refractivity contribution in [2.24, 2.45) is 46.6 Å². The van der Waals surface area contributed by atoms with E-state index in [2.05, 4.69) is 51.3 Å². The SMILES string of the molecule is CC(=O)Nc1nnc(S(=O)(=O)NC(=O)C(C)C)s1.CC(=O)Nc1nnc(S(=O)(=O)NC(=O)C(C)C)s1.CC(C)C(=O)NS(=O)(=O)c1cc(Cl)cc(S(N)(=O)=O)c1.CC(C)C(=O)NS(=O)(=O)c1ccc([N+](=O)[O-])cc1.CC(C)C(=O)NS(=O)(=O)c1ccc2ccccc2c1.CC(C)C(=O)NS(=O)(=O)c1ccccc1.CC(C)C(=O)NS(=O)(=O)c1nnc(NC(=O)c2ccc(Cl)cc2)s1. The maximum atomic E-state index is 12.1. The molecule has 0 spiro atoms. The fraction of sp³-hybridized carbons (Fsp3) is 0.315. The Labute approximate surface area is 782 Å². The van der Waals surface area contributed by atoms with E-state index in [1.165, 1.54) is 58.0 Å². The van der Waals surface area contributed by atoms with Crippen LogP contribution in [0.25, 0.3) is 10.8 Å². The monoisotopic (exact) mass is 2090 g/mol. The van der Waals surface area contributed by atoms with Crippen molar-refractivity contribution in [1.29, 1.82) is 0 Å². The summed E-state index contributed by atoms with van der Waals surface area (Å²) >= 11 is 13.4. The zero-order chi connectivity index (χ0) is 101. The summed E-state index contributed by atoms with van der Waals surface area (Å²) in [6, 6.07) is 33.3. The Hall–Kier alpha value is -11.5. The molecule has 12 N–H and O–H groups in total. The smallest absolute Gasteiger partial charge is 0.293 e. The van der Waals surface area contributed by atoms with Crippen LogP contribution in [-0.4, -0.2) is 162 Å². The third kappa shape index (κ3) is 38.4. The van der Waals surface area contributed by atoms with Crippen LogP contribution in [0, 0.1) is 51.5 Å². The minimum absolute atomic E-state index is 0.00711. The summed E-state index contributed by atoms with van der Waals surface area (Å²) in [5.41, 5.74) is 0.108. The number of halogens is 2. The molecule has 0 aliphatic rings. The number of sulfonamides is 8. The fourth-order valence-electron chi connectivity index (χ4n) is 7.83. The molecule has 9 rings (SSSR count). The Balaban J connectivity index is 0.000000398. The van der Waals surface area contributed by atoms with Crippen molar-refractivity contribution in [3.63, 3.8) is 0 Å². The Morgan fingerprint density at radius 2 is 0.614 bits per heavy atom. The van der Waals surface area contributed by atoms with Crippen molar-refractivity contribution in [1.82, 2.24) is 63.6 Å². The van der Waals surface area contributed by atoms with Gasteiger partial charge in [-0.2, -0.15) is 25.3 Å². The molecule has 10 amide bonds. The second-order valence-electron chi connectivity index (χ2n) is 28.6. The van der Waals surface area contributed by atoms with E-state index < -0.39 is 176 Å². The second kappa shape index (κ2) is 49.8. The molecule has 720 valence electrons. The number of nitrogens with two attached hydrogens (primary N) is 1. The highest BCUT2D eigenvalue weighted by Crippen LogP contribution is 2.27. The van der Waals surface area contributed by atoms with Crippen molar-refractivity contribution in [3.05, 3.63) is 165 Å². The number of hydrogen-bond acceptors (Lipinski definition) is 37. The zero-order valence-electron chi connectivity index (χ0n) is 72.2. The van der Waals surface area contributed by atoms with Crippen LogP contribution >= 0.6 is 57.2 Å². The molecule has 0 saturated heterocycles. The molecule has 46 nitrogen and oxygen atoms in total. The molecular weight excluding hydrogens is 2000 g/mol. The summed E-state index contributed by atoms with van der Waals surface area (Å²) in [6.45, 7) is 24.6. The van der Waals surface area contributed by atoms with Gasteiger partial charge in [0.05, 0.1) is 29.4 Å². The molecule has 0 aliphatic carbocycles. The molecule has 0 radical (unpaired) electrons. The minimum atomic E-state index is -4.21. The molecule has 0 fully saturated rings. The van der Waals surface area contributed by atoms with Crippen molar-refractivity contribution >= 4 is 228 Å². The molecule has 3 aromatic heterocycles. The van der Waals surface area contributed by atoms with Crippen LogP contribution in [0.15, 0.2) is 177 Å². The van der Waals surface area contributed by atoms with Gasteiger partial charge in [0.1, 0.15) is 0 Å². The van der Waals surface area contributed by atoms with Gasteiger partial charge in [0.25, 0.3) is 94.8 Å². The average Bonchev–Trinajstić information content (AvgIpc) is 1.32. The van der Waals surface area contributed by atoms with E-state index in [1.54, 1.807) is 126 Å². The fourth-order valence-corrected chi connectivity index (χ4v) is 19.7. The van der Waals surface area contributed by atoms with Crippen LogP contribution in [0.3, 0.4) is 0 Å². The number of anilines is 3. The van der Waals surface area contributed by atoms with E-state index in [9.17, 15) is 125 Å². The van der Waals surface area contributed by atoms with Gasteiger partial charge in [0.15, 0.2) is 0 Å². The van der Waals surface area contributed by atoms with Crippen molar-refractivity contribution in [2.45, 2.75) is 148 Å². The lowest BCUT2D eigenvalue weighted by molar-refractivity contribution is -0.384. The zero-order valence-corrected chi connectivity index (χ0v) is 82.7. The highest BCUT2D eigenvalue weighted by atomic mass is 35.5. The first kappa shape index (κ1) is 115. The molecule has 9 aromatic rings. The predicted molar refractivity (Wildman–Crippen MR) is 485 cm³/mol. The van der Waals surface area contributed by atoms with Gasteiger partial charge in [0, 0.05) is 83.0 Å². The first-order valence-corrected chi connectivity index (χ1v) is 52.5. The lowest BCUT2D eigenvalue weighted by atomic mass is 10.1. The van der Waals surface area contributed by atoms with Crippen molar-refractivity contribution in [2.75, 3.05) is 16.0 Å². The number of nitro benzene ring substituents is 1. The number of nitrogens with one attached hydrogen (secondary N) is 10. The van der Waals surface area contributed by atoms with Crippen LogP contribution in [0.2, 0.25) is 10.0 Å². The van der Waals surface area contributed by atoms with E-state index in [1.807, 2.05) is 52.6 Å². The molecule has 6 aromatic carbocycles. The Kier molecular flexibility index (Phi) is 43.3. The number of fused-ring (bicyclic) bond motifs is 1. The topological polar surface area (TPSA) is 711 Å². The molecule has 132 heavy (non-hydrogen) atoms. The lowest BCUT2D eigenvalue weighted by Gasteiger charge is -2.10. The number of benzene rings is 6. The van der Waals surface area contributed by atoms with Gasteiger partial charge in [-0.1, -0.05) is 203 Å². The van der Waals surface area contributed by atoms with Crippen molar-refractivity contribution in [3.8, 4) is 0 Å². The van der Waals surface area contributed by atoms with E-state index in [-0.39, 0.29) is 73.1 Å². The normalized spacial score (nSPS) is 11.6. The first-order chi connectivity index (χ1) is 60.6. The van der Waals surface area contributed by atoms with Crippen LogP contribution < -0.4 is 54.1 Å². The van der Waals surface area contributed by atoms with Crippen LogP contribution in [0.4, 0.5) is 21.1 Å². The van der Waals surface area contributed by atoms with Gasteiger partial charge in [-0.3, -0.25) is 63.4 Å². The maximum absolute atomic E-state index is 12.1. The number of amides is 10. The number of nitro groups is 1. The molecule has 0 aliphatic heterocycles. The number of rotatable bonds is 27. The summed E-state index contributed by atoms with van der Waals surface area (Å²) in [4.78, 5) is 122. The van der Waals surface area contributed by atoms with Gasteiger partial charge >= 0.3 is 0 Å². The van der Waals surface area contributed by atoms with Crippen LogP contribution in [-0.2, 0) is 123 Å². The third-order valence-corrected chi connectivity index (χ3v) is 29.5. The predicted octanol–water partition coefficient (Wildman–Crippen LogP) is 6.77. The molecule has 0 bridgehead atoms. The quantitative estimate of drug-likeness (QED) is 0.0144. The summed E-state index contributed by atoms with van der Waals surface area (Å²) in [7, 11) is -32.0. The largest absolute Gasteiger partial charge is 0.301 e. The standard InChI is InChI=1S/C14H15NO3S.C13H13ClN4O4S2.C10H13ClN2O5S2.C10H12N2O5S.C10H13NO3S.2C8H12N4O4S2/c1-10(2)14(16)15-19(17,18)13-8-7-11-5-3-4-6-12(11)9-13;1-7(2)10(19)18-24(21,22)13-17-16-12(23-13)15-11(20)8-3-5-9(14)6-4-8;1-6(2)10(14)13-20(17,18)9-4-7(11)3-8(5-9)19(12,15)16;1-7(2)10(13)11-18(16,17)9-5-3-8(4-6-9)12(14)15;1-8(2)10(12)11-15(13,14)9-6-4-3-5-7-9;2*1-4(2)6(14)12-18(15,16)8-11-10-7(17-8)9-5(3)13/h3-10H,1-2H3,(H,15,16);3-7H,1-2H3,(H,18,19)(H,15,16,20);3-6H,1-2H3,(H,13,14)(H2,12,15,16);3-7H,1-2H3,(H,11,13);3-8H,1-2H3,(H,11,12);2*4H,1-3H3,(H,12,14)(H,9,10,13). The number of hydrogen-bond donors (Lipinski definition) is 11. The maximum Gasteiger partial charge on any atom is 0.293 e. The van der Waals surface area contributed by atoms with Gasteiger partial charge in [-0.05, 0) is 89.6 Å². The minimum Gasteiger partial charge on any atom is -0.301 e. The van der Waals surface area contributed by atoms with E-state index in [0.717, 1.165) is 53.2 Å². The molecule has 0 atom stereocenters. The van der Waals surface area contributed by atoms with Gasteiger partial charge in [0.2, 0.25) is 78.6 Å². The summed E-state index contributed by atoms with van der Waals surface area (Å²) < 4.78 is 200. The Morgan fingerprint density at radius 1 is 0.326 bits per heavy atom. The number of non-ortho nitro benzene ring substituents is 1. The number of carbonyl (C=O) groups excluding carboxylic acids is 10. The summed E-state index contributed by atoms with van der Waals surface area (Å²) in [5, 5.41) is 45.5. The molecule has 0 unspecified atom stereocenters. The first-order valence-electron chi connectivity index (χ1n) is 37.3. The number of primary sulfonamides is 1. The number of nitrogens with zero attached hydrogens (tertiary/aromatic N) is 7. The summed E-state index contributed by atoms with van der Waals surface area (Å²) in [5.74, 6) is -8.75. The highest BCUT2D eigenvalue weighted by molar-refractivity contribution is 7.93.